The Balaban J connectivity index is -0.00000160. The topological polar surface area (TPSA) is 86.3 Å². The van der Waals surface area contributed by atoms with Crippen molar-refractivity contribution >= 4 is 27.8 Å². The Kier molecular flexibility index (Phi) is 33.9. The molecule has 0 aliphatic carbocycles. The van der Waals surface area contributed by atoms with E-state index >= 15 is 0 Å². The second kappa shape index (κ2) is 27.8. The number of nitrogens with one attached hydrogen (secondary N) is 1. The summed E-state index contributed by atoms with van der Waals surface area (Å²) in [6, 6.07) is 0. The molecule has 8 heteroatoms. The van der Waals surface area contributed by atoms with Gasteiger partial charge in [-0.05, 0) is 26.0 Å². The van der Waals surface area contributed by atoms with Gasteiger partial charge >= 0.3 is 29.6 Å². The number of hydrogen-bond acceptors (Lipinski definition) is 5. The molecule has 0 spiro atoms. The van der Waals surface area contributed by atoms with Crippen molar-refractivity contribution in [3.8, 4) is 0 Å². The Morgan fingerprint density at radius 3 is 1.49 bits per heavy atom. The Hall–Kier alpha value is 0.730. The van der Waals surface area contributed by atoms with Gasteiger partial charge in [-0.15, -0.1) is 0 Å². The first-order valence-corrected chi connectivity index (χ1v) is 15.7. The van der Waals surface area contributed by atoms with Crippen LogP contribution in [0.3, 0.4) is 0 Å². The van der Waals surface area contributed by atoms with Gasteiger partial charge in [0, 0.05) is 17.7 Å². The summed E-state index contributed by atoms with van der Waals surface area (Å²) < 4.78 is 32.6. The van der Waals surface area contributed by atoms with Crippen molar-refractivity contribution in [3.05, 3.63) is 0 Å². The van der Waals surface area contributed by atoms with E-state index in [1.54, 1.807) is 25.6 Å². The van der Waals surface area contributed by atoms with E-state index in [0.717, 1.165) is 11.5 Å². The summed E-state index contributed by atoms with van der Waals surface area (Å²) in [4.78, 5) is 11.9. The predicted octanol–water partition coefficient (Wildman–Crippen LogP) is 5.09. The van der Waals surface area contributed by atoms with Crippen molar-refractivity contribution < 1.29 is 47.3 Å². The molecule has 0 heterocycles. The van der Waals surface area contributed by atoms with Gasteiger partial charge < -0.3 is 9.87 Å². The van der Waals surface area contributed by atoms with E-state index in [9.17, 15) is 17.8 Å². The first kappa shape index (κ1) is 42.8. The molecule has 5 nitrogen and oxygen atoms in total. The Labute approximate surface area is 246 Å². The van der Waals surface area contributed by atoms with Gasteiger partial charge in [-0.1, -0.05) is 118 Å². The van der Waals surface area contributed by atoms with E-state index in [1.165, 1.54) is 103 Å². The van der Waals surface area contributed by atoms with Crippen molar-refractivity contribution in [1.29, 1.82) is 0 Å². The summed E-state index contributed by atoms with van der Waals surface area (Å²) in [7, 11) is -4.35. The molecule has 0 radical (unpaired) electrons. The number of carbonyl (C=O) groups is 1. The molecule has 0 rings (SSSR count). The third kappa shape index (κ3) is 34.7. The first-order chi connectivity index (χ1) is 15.2. The zero-order valence-electron chi connectivity index (χ0n) is 22.1. The summed E-state index contributed by atoms with van der Waals surface area (Å²) in [6.45, 7) is 5.39. The van der Waals surface area contributed by atoms with Gasteiger partial charge in [0.15, 0.2) is 0 Å². The van der Waals surface area contributed by atoms with Gasteiger partial charge in [-0.3, -0.25) is 4.79 Å². The molecule has 0 aromatic heterocycles. The molecular weight excluding hydrogens is 489 g/mol. The van der Waals surface area contributed by atoms with E-state index in [4.69, 9.17) is 0 Å². The Bertz CT molecular complexity index is 557. The van der Waals surface area contributed by atoms with Crippen LogP contribution < -0.4 is 34.9 Å². The maximum Gasteiger partial charge on any atom is 1.00 e. The average Bonchev–Trinajstić information content (AvgIpc) is 2.67. The van der Waals surface area contributed by atoms with Crippen LogP contribution in [0.5, 0.6) is 0 Å². The van der Waals surface area contributed by atoms with Gasteiger partial charge in [0.2, 0.25) is 5.91 Å². The molecule has 1 N–H and O–H groups in total. The summed E-state index contributed by atoms with van der Waals surface area (Å²) in [5.41, 5.74) is -1.02. The van der Waals surface area contributed by atoms with E-state index < -0.39 is 21.4 Å². The van der Waals surface area contributed by atoms with Gasteiger partial charge in [-0.2, -0.15) is 11.8 Å². The minimum Gasteiger partial charge on any atom is -0.748 e. The largest absolute Gasteiger partial charge is 1.00 e. The molecule has 1 amide bonds. The SMILES string of the molecule is C.C.CCCCCCCCCCCCCCCCCCSCCC(=O)NC(C)(C)CS(=O)(=O)[O-].[Na+]. The molecule has 0 aliphatic rings. The van der Waals surface area contributed by atoms with Gasteiger partial charge in [0.05, 0.1) is 15.9 Å². The van der Waals surface area contributed by atoms with Crippen LogP contribution in [0.25, 0.3) is 0 Å². The summed E-state index contributed by atoms with van der Waals surface area (Å²) in [5.74, 6) is 1.01. The van der Waals surface area contributed by atoms with Crippen LogP contribution in [0, 0.1) is 0 Å². The Morgan fingerprint density at radius 1 is 0.743 bits per heavy atom. The monoisotopic (exact) mass is 547 g/mol. The van der Waals surface area contributed by atoms with E-state index in [0.29, 0.717) is 6.42 Å². The van der Waals surface area contributed by atoms with Crippen LogP contribution in [0.1, 0.15) is 145 Å². The molecule has 0 atom stereocenters. The number of unbranched alkanes of at least 4 members (excludes halogenated alkanes) is 15. The summed E-state index contributed by atoms with van der Waals surface area (Å²) in [5, 5.41) is 2.64. The molecule has 35 heavy (non-hydrogen) atoms. The molecule has 0 unspecified atom stereocenters. The van der Waals surface area contributed by atoms with Crippen molar-refractivity contribution in [2.24, 2.45) is 0 Å². The fraction of sp³-hybridized carbons (Fsp3) is 0.963. The van der Waals surface area contributed by atoms with Crippen LogP contribution in [0.15, 0.2) is 0 Å². The first-order valence-electron chi connectivity index (χ1n) is 13.0. The average molecular weight is 548 g/mol. The molecule has 0 bridgehead atoms. The molecule has 0 fully saturated rings. The van der Waals surface area contributed by atoms with E-state index in [-0.39, 0.29) is 50.3 Å². The van der Waals surface area contributed by atoms with Crippen LogP contribution in [0.4, 0.5) is 0 Å². The third-order valence-electron chi connectivity index (χ3n) is 5.63. The molecular formula is C27H58NNaO4S2. The fourth-order valence-corrected chi connectivity index (χ4v) is 5.84. The molecule has 0 aliphatic heterocycles. The minimum absolute atomic E-state index is 0. The van der Waals surface area contributed by atoms with Gasteiger partial charge in [0.25, 0.3) is 0 Å². The molecule has 208 valence electrons. The van der Waals surface area contributed by atoms with Crippen molar-refractivity contribution in [2.75, 3.05) is 17.3 Å². The van der Waals surface area contributed by atoms with E-state index in [1.807, 2.05) is 0 Å². The standard InChI is InChI=1S/C25H51NO4S2.2CH4.Na/c1-4-5-6-7-8-9-10-11-12-13-14-15-16-17-18-19-21-31-22-20-24(27)26-25(2,3)23-32(28,29)30;;;/h4-23H2,1-3H3,(H,26,27)(H,28,29,30);2*1H4;/q;;;+1/p-1. The van der Waals surface area contributed by atoms with Crippen LogP contribution in [-0.4, -0.2) is 41.7 Å². The maximum atomic E-state index is 11.9. The van der Waals surface area contributed by atoms with Crippen LogP contribution >= 0.6 is 11.8 Å². The van der Waals surface area contributed by atoms with Crippen LogP contribution in [-0.2, 0) is 14.9 Å². The molecule has 0 saturated carbocycles. The smallest absolute Gasteiger partial charge is 0.748 e. The Morgan fingerprint density at radius 2 is 1.11 bits per heavy atom. The number of carbonyl (C=O) groups excluding carboxylic acids is 1. The number of thioether (sulfide) groups is 1. The van der Waals surface area contributed by atoms with E-state index in [2.05, 4.69) is 12.2 Å². The van der Waals surface area contributed by atoms with Crippen molar-refractivity contribution in [2.45, 2.75) is 150 Å². The zero-order valence-corrected chi connectivity index (χ0v) is 25.7. The van der Waals surface area contributed by atoms with Gasteiger partial charge in [-0.25, -0.2) is 8.42 Å². The van der Waals surface area contributed by atoms with Crippen LogP contribution in [0.2, 0.25) is 0 Å². The minimum atomic E-state index is -4.35. The number of hydrogen-bond donors (Lipinski definition) is 1. The predicted molar refractivity (Wildman–Crippen MR) is 152 cm³/mol. The van der Waals surface area contributed by atoms with Gasteiger partial charge in [0.1, 0.15) is 0 Å². The van der Waals surface area contributed by atoms with Crippen molar-refractivity contribution in [1.82, 2.24) is 5.32 Å². The molecule has 0 aromatic rings. The third-order valence-corrected chi connectivity index (χ3v) is 7.78. The number of rotatable bonds is 23. The normalized spacial score (nSPS) is 11.2. The second-order valence-electron chi connectivity index (χ2n) is 9.80. The molecule has 0 aromatic carbocycles. The maximum absolute atomic E-state index is 11.9. The zero-order chi connectivity index (χ0) is 24.1. The second-order valence-corrected chi connectivity index (χ2v) is 12.4. The molecule has 0 saturated heterocycles. The quantitative estimate of drug-likeness (QED) is 0.109. The fourth-order valence-electron chi connectivity index (χ4n) is 3.94. The number of amides is 1. The van der Waals surface area contributed by atoms with Crippen molar-refractivity contribution in [3.63, 3.8) is 0 Å². The summed E-state index contributed by atoms with van der Waals surface area (Å²) in [6.07, 6.45) is 22.3. The summed E-state index contributed by atoms with van der Waals surface area (Å²) >= 11 is 1.77.